The Hall–Kier alpha value is -1.71. The van der Waals surface area contributed by atoms with Gasteiger partial charge >= 0.3 is 0 Å². The van der Waals surface area contributed by atoms with Crippen LogP contribution in [0.5, 0.6) is 11.5 Å². The summed E-state index contributed by atoms with van der Waals surface area (Å²) in [6.45, 7) is 0.768. The summed E-state index contributed by atoms with van der Waals surface area (Å²) in [6, 6.07) is 4.79. The number of phenols is 1. The molecule has 0 unspecified atom stereocenters. The third-order valence-corrected chi connectivity index (χ3v) is 4.04. The van der Waals surface area contributed by atoms with Gasteiger partial charge in [0.1, 0.15) is 11.5 Å². The summed E-state index contributed by atoms with van der Waals surface area (Å²) in [6.07, 6.45) is 6.24. The highest BCUT2D eigenvalue weighted by molar-refractivity contribution is 5.96. The van der Waals surface area contributed by atoms with E-state index in [0.717, 1.165) is 6.54 Å². The highest BCUT2D eigenvalue weighted by atomic mass is 16.5. The molecule has 0 saturated heterocycles. The SMILES string of the molecule is COc1ccc(C(=O)N(C)CC2CCCCC2)c(O)c1. The van der Waals surface area contributed by atoms with Crippen molar-refractivity contribution in [2.45, 2.75) is 32.1 Å². The van der Waals surface area contributed by atoms with E-state index < -0.39 is 0 Å². The van der Waals surface area contributed by atoms with Gasteiger partial charge in [-0.1, -0.05) is 19.3 Å². The molecule has 110 valence electrons. The van der Waals surface area contributed by atoms with Crippen LogP contribution < -0.4 is 4.74 Å². The molecule has 0 aromatic heterocycles. The minimum atomic E-state index is -0.129. The minimum Gasteiger partial charge on any atom is -0.507 e. The van der Waals surface area contributed by atoms with Crippen molar-refractivity contribution in [2.75, 3.05) is 20.7 Å². The third-order valence-electron chi connectivity index (χ3n) is 4.04. The van der Waals surface area contributed by atoms with Crippen LogP contribution in [-0.4, -0.2) is 36.6 Å². The summed E-state index contributed by atoms with van der Waals surface area (Å²) in [5.74, 6) is 0.993. The van der Waals surface area contributed by atoms with Crippen LogP contribution in [0.1, 0.15) is 42.5 Å². The van der Waals surface area contributed by atoms with Crippen LogP contribution in [0.2, 0.25) is 0 Å². The first kappa shape index (κ1) is 14.7. The van der Waals surface area contributed by atoms with Gasteiger partial charge in [0, 0.05) is 19.7 Å². The average molecular weight is 277 g/mol. The molecule has 1 aromatic carbocycles. The van der Waals surface area contributed by atoms with Crippen LogP contribution in [-0.2, 0) is 0 Å². The van der Waals surface area contributed by atoms with Crippen molar-refractivity contribution < 1.29 is 14.6 Å². The number of carbonyl (C=O) groups excluding carboxylic acids is 1. The molecule has 4 heteroatoms. The fourth-order valence-electron chi connectivity index (χ4n) is 2.86. The molecular weight excluding hydrogens is 254 g/mol. The maximum atomic E-state index is 12.4. The Morgan fingerprint density at radius 1 is 1.35 bits per heavy atom. The Kier molecular flexibility index (Phi) is 4.88. The molecule has 2 rings (SSSR count). The van der Waals surface area contributed by atoms with E-state index >= 15 is 0 Å². The van der Waals surface area contributed by atoms with Gasteiger partial charge in [0.25, 0.3) is 5.91 Å². The van der Waals surface area contributed by atoms with E-state index in [1.165, 1.54) is 45.3 Å². The zero-order chi connectivity index (χ0) is 14.5. The van der Waals surface area contributed by atoms with Crippen molar-refractivity contribution in [3.05, 3.63) is 23.8 Å². The third kappa shape index (κ3) is 3.44. The zero-order valence-electron chi connectivity index (χ0n) is 12.3. The van der Waals surface area contributed by atoms with Gasteiger partial charge in [0.05, 0.1) is 12.7 Å². The number of amides is 1. The minimum absolute atomic E-state index is 0.0233. The Balaban J connectivity index is 2.02. The van der Waals surface area contributed by atoms with Crippen molar-refractivity contribution in [1.82, 2.24) is 4.90 Å². The molecular formula is C16H23NO3. The molecule has 1 saturated carbocycles. The van der Waals surface area contributed by atoms with Crippen LogP contribution in [0.3, 0.4) is 0 Å². The molecule has 20 heavy (non-hydrogen) atoms. The predicted octanol–water partition coefficient (Wildman–Crippen LogP) is 3.05. The molecule has 1 N–H and O–H groups in total. The molecule has 0 spiro atoms. The summed E-state index contributed by atoms with van der Waals surface area (Å²) in [4.78, 5) is 14.1. The molecule has 4 nitrogen and oxygen atoms in total. The highest BCUT2D eigenvalue weighted by Gasteiger charge is 2.21. The number of benzene rings is 1. The topological polar surface area (TPSA) is 49.8 Å². The van der Waals surface area contributed by atoms with Gasteiger partial charge in [-0.25, -0.2) is 0 Å². The quantitative estimate of drug-likeness (QED) is 0.920. The number of hydrogen-bond donors (Lipinski definition) is 1. The summed E-state index contributed by atoms with van der Waals surface area (Å²) in [7, 11) is 3.34. The van der Waals surface area contributed by atoms with E-state index in [2.05, 4.69) is 0 Å². The summed E-state index contributed by atoms with van der Waals surface area (Å²) in [5.41, 5.74) is 0.337. The lowest BCUT2D eigenvalue weighted by Gasteiger charge is -2.27. The van der Waals surface area contributed by atoms with Crippen molar-refractivity contribution in [1.29, 1.82) is 0 Å². The zero-order valence-corrected chi connectivity index (χ0v) is 12.3. The van der Waals surface area contributed by atoms with Crippen molar-refractivity contribution >= 4 is 5.91 Å². The largest absolute Gasteiger partial charge is 0.507 e. The average Bonchev–Trinajstić information content (AvgIpc) is 2.47. The second-order valence-electron chi connectivity index (χ2n) is 5.57. The van der Waals surface area contributed by atoms with Gasteiger partial charge in [-0.15, -0.1) is 0 Å². The van der Waals surface area contributed by atoms with Gasteiger partial charge in [0.15, 0.2) is 0 Å². The summed E-state index contributed by atoms with van der Waals surface area (Å²) >= 11 is 0. The fraction of sp³-hybridized carbons (Fsp3) is 0.562. The monoisotopic (exact) mass is 277 g/mol. The molecule has 0 heterocycles. The van der Waals surface area contributed by atoms with E-state index in [1.807, 2.05) is 0 Å². The Bertz CT molecular complexity index is 467. The Morgan fingerprint density at radius 2 is 2.05 bits per heavy atom. The van der Waals surface area contributed by atoms with E-state index in [4.69, 9.17) is 4.74 Å². The first-order valence-corrected chi connectivity index (χ1v) is 7.24. The van der Waals surface area contributed by atoms with E-state index in [9.17, 15) is 9.90 Å². The normalized spacial score (nSPS) is 15.9. The van der Waals surface area contributed by atoms with Gasteiger partial charge < -0.3 is 14.7 Å². The lowest BCUT2D eigenvalue weighted by molar-refractivity contribution is 0.0757. The van der Waals surface area contributed by atoms with Crippen molar-refractivity contribution in [3.63, 3.8) is 0 Å². The number of hydrogen-bond acceptors (Lipinski definition) is 3. The Morgan fingerprint density at radius 3 is 2.65 bits per heavy atom. The van der Waals surface area contributed by atoms with E-state index in [1.54, 1.807) is 24.1 Å². The lowest BCUT2D eigenvalue weighted by Crippen LogP contribution is -2.32. The van der Waals surface area contributed by atoms with E-state index in [0.29, 0.717) is 17.2 Å². The highest BCUT2D eigenvalue weighted by Crippen LogP contribution is 2.27. The number of nitrogens with zero attached hydrogens (tertiary/aromatic N) is 1. The van der Waals surface area contributed by atoms with Crippen molar-refractivity contribution in [2.24, 2.45) is 5.92 Å². The van der Waals surface area contributed by atoms with Gasteiger partial charge in [0.2, 0.25) is 0 Å². The molecule has 1 fully saturated rings. The Labute approximate surface area is 120 Å². The standard InChI is InChI=1S/C16H23NO3/c1-17(11-12-6-4-3-5-7-12)16(19)14-9-8-13(20-2)10-15(14)18/h8-10,12,18H,3-7,11H2,1-2H3. The number of rotatable bonds is 4. The van der Waals surface area contributed by atoms with Gasteiger partial charge in [-0.2, -0.15) is 0 Å². The maximum Gasteiger partial charge on any atom is 0.257 e. The molecule has 1 amide bonds. The molecule has 0 bridgehead atoms. The predicted molar refractivity (Wildman–Crippen MR) is 78.2 cm³/mol. The summed E-state index contributed by atoms with van der Waals surface area (Å²) in [5, 5.41) is 9.92. The van der Waals surface area contributed by atoms with E-state index in [-0.39, 0.29) is 11.7 Å². The summed E-state index contributed by atoms with van der Waals surface area (Å²) < 4.78 is 5.03. The smallest absolute Gasteiger partial charge is 0.257 e. The number of methoxy groups -OCH3 is 1. The fourth-order valence-corrected chi connectivity index (χ4v) is 2.86. The number of carbonyl (C=O) groups is 1. The number of aromatic hydroxyl groups is 1. The van der Waals surface area contributed by atoms with Gasteiger partial charge in [-0.05, 0) is 30.9 Å². The van der Waals surface area contributed by atoms with Crippen LogP contribution in [0.15, 0.2) is 18.2 Å². The van der Waals surface area contributed by atoms with Crippen molar-refractivity contribution in [3.8, 4) is 11.5 Å². The van der Waals surface area contributed by atoms with Crippen LogP contribution in [0.4, 0.5) is 0 Å². The maximum absolute atomic E-state index is 12.4. The molecule has 0 radical (unpaired) electrons. The van der Waals surface area contributed by atoms with Crippen LogP contribution in [0.25, 0.3) is 0 Å². The lowest BCUT2D eigenvalue weighted by atomic mass is 9.89. The van der Waals surface area contributed by atoms with Crippen LogP contribution in [0, 0.1) is 5.92 Å². The number of ether oxygens (including phenoxy) is 1. The van der Waals surface area contributed by atoms with Gasteiger partial charge in [-0.3, -0.25) is 4.79 Å². The molecule has 1 aromatic rings. The molecule has 0 atom stereocenters. The second kappa shape index (κ2) is 6.64. The molecule has 0 aliphatic heterocycles. The molecule has 1 aliphatic carbocycles. The molecule has 1 aliphatic rings. The van der Waals surface area contributed by atoms with Crippen LogP contribution >= 0.6 is 0 Å². The first-order chi connectivity index (χ1) is 9.61. The number of phenolic OH excluding ortho intramolecular Hbond substituents is 1. The first-order valence-electron chi connectivity index (χ1n) is 7.24. The second-order valence-corrected chi connectivity index (χ2v) is 5.57.